The van der Waals surface area contributed by atoms with Crippen molar-refractivity contribution in [2.75, 3.05) is 13.1 Å². The fourth-order valence-corrected chi connectivity index (χ4v) is 2.43. The Bertz CT molecular complexity index is 518. The second kappa shape index (κ2) is 6.56. The van der Waals surface area contributed by atoms with Gasteiger partial charge in [-0.05, 0) is 44.0 Å². The van der Waals surface area contributed by atoms with Gasteiger partial charge in [0.05, 0.1) is 5.92 Å². The van der Waals surface area contributed by atoms with E-state index in [1.54, 1.807) is 11.8 Å². The van der Waals surface area contributed by atoms with E-state index in [-0.39, 0.29) is 23.5 Å². The molecule has 1 aliphatic heterocycles. The van der Waals surface area contributed by atoms with Gasteiger partial charge in [0.1, 0.15) is 11.6 Å². The van der Waals surface area contributed by atoms with Gasteiger partial charge in [0, 0.05) is 13.1 Å². The summed E-state index contributed by atoms with van der Waals surface area (Å²) in [4.78, 5) is 25.1. The minimum absolute atomic E-state index is 0.190. The van der Waals surface area contributed by atoms with Crippen LogP contribution in [0.25, 0.3) is 0 Å². The van der Waals surface area contributed by atoms with Crippen molar-refractivity contribution in [2.45, 2.75) is 25.9 Å². The molecule has 1 heterocycles. The third kappa shape index (κ3) is 3.93. The SMILES string of the molecule is C[C@H](Oc1ccc(F)cc1)C(=O)N1CCC[C@@H](C(N)=O)C1. The summed E-state index contributed by atoms with van der Waals surface area (Å²) in [5, 5.41) is 0. The lowest BCUT2D eigenvalue weighted by molar-refractivity contribution is -0.141. The maximum atomic E-state index is 12.8. The zero-order valence-electron chi connectivity index (χ0n) is 11.9. The van der Waals surface area contributed by atoms with Crippen molar-refractivity contribution < 1.29 is 18.7 Å². The normalized spacial score (nSPS) is 19.9. The molecule has 0 saturated carbocycles. The molecule has 21 heavy (non-hydrogen) atoms. The predicted octanol–water partition coefficient (Wildman–Crippen LogP) is 1.32. The Balaban J connectivity index is 1.95. The minimum atomic E-state index is -0.693. The van der Waals surface area contributed by atoms with Crippen LogP contribution in [0.3, 0.4) is 0 Å². The quantitative estimate of drug-likeness (QED) is 0.910. The Morgan fingerprint density at radius 1 is 1.38 bits per heavy atom. The number of halogens is 1. The van der Waals surface area contributed by atoms with Gasteiger partial charge in [-0.1, -0.05) is 0 Å². The summed E-state index contributed by atoms with van der Waals surface area (Å²) in [5.74, 6) is -0.784. The number of rotatable bonds is 4. The molecule has 0 aliphatic carbocycles. The molecule has 2 N–H and O–H groups in total. The van der Waals surface area contributed by atoms with E-state index in [9.17, 15) is 14.0 Å². The lowest BCUT2D eigenvalue weighted by Gasteiger charge is -2.32. The fraction of sp³-hybridized carbons (Fsp3) is 0.467. The average Bonchev–Trinajstić information content (AvgIpc) is 2.49. The van der Waals surface area contributed by atoms with Crippen molar-refractivity contribution in [1.29, 1.82) is 0 Å². The molecule has 1 saturated heterocycles. The lowest BCUT2D eigenvalue weighted by atomic mass is 9.97. The van der Waals surface area contributed by atoms with E-state index in [0.717, 1.165) is 6.42 Å². The number of hydrogen-bond acceptors (Lipinski definition) is 3. The van der Waals surface area contributed by atoms with E-state index in [1.807, 2.05) is 0 Å². The van der Waals surface area contributed by atoms with Crippen molar-refractivity contribution in [2.24, 2.45) is 11.7 Å². The summed E-state index contributed by atoms with van der Waals surface area (Å²) in [6, 6.07) is 5.50. The Kier molecular flexibility index (Phi) is 4.77. The number of primary amides is 1. The maximum Gasteiger partial charge on any atom is 0.263 e. The largest absolute Gasteiger partial charge is 0.481 e. The number of carbonyl (C=O) groups excluding carboxylic acids is 2. The fourth-order valence-electron chi connectivity index (χ4n) is 2.43. The third-order valence-electron chi connectivity index (χ3n) is 3.61. The molecule has 2 amide bonds. The molecule has 5 nitrogen and oxygen atoms in total. The number of carbonyl (C=O) groups is 2. The summed E-state index contributed by atoms with van der Waals surface area (Å²) in [7, 11) is 0. The number of amides is 2. The summed E-state index contributed by atoms with van der Waals surface area (Å²) >= 11 is 0. The van der Waals surface area contributed by atoms with Gasteiger partial charge in [-0.3, -0.25) is 9.59 Å². The third-order valence-corrected chi connectivity index (χ3v) is 3.61. The van der Waals surface area contributed by atoms with Crippen molar-refractivity contribution in [3.8, 4) is 5.75 Å². The summed E-state index contributed by atoms with van der Waals surface area (Å²) in [6.45, 7) is 2.57. The zero-order chi connectivity index (χ0) is 15.4. The van der Waals surface area contributed by atoms with Gasteiger partial charge in [0.25, 0.3) is 5.91 Å². The van der Waals surface area contributed by atoms with E-state index >= 15 is 0 Å². The second-order valence-corrected chi connectivity index (χ2v) is 5.24. The van der Waals surface area contributed by atoms with Crippen LogP contribution in [0.15, 0.2) is 24.3 Å². The molecule has 1 aliphatic rings. The Hall–Kier alpha value is -2.11. The monoisotopic (exact) mass is 294 g/mol. The molecule has 0 bridgehead atoms. The first-order valence-electron chi connectivity index (χ1n) is 6.97. The number of benzene rings is 1. The highest BCUT2D eigenvalue weighted by atomic mass is 19.1. The number of hydrogen-bond donors (Lipinski definition) is 1. The molecular weight excluding hydrogens is 275 g/mol. The van der Waals surface area contributed by atoms with Crippen LogP contribution in [-0.2, 0) is 9.59 Å². The summed E-state index contributed by atoms with van der Waals surface area (Å²) < 4.78 is 18.3. The van der Waals surface area contributed by atoms with Gasteiger partial charge in [0.2, 0.25) is 5.91 Å². The number of likely N-dealkylation sites (tertiary alicyclic amines) is 1. The van der Waals surface area contributed by atoms with E-state index < -0.39 is 6.10 Å². The summed E-state index contributed by atoms with van der Waals surface area (Å²) in [5.41, 5.74) is 5.30. The minimum Gasteiger partial charge on any atom is -0.481 e. The Morgan fingerprint density at radius 3 is 2.67 bits per heavy atom. The van der Waals surface area contributed by atoms with Crippen molar-refractivity contribution >= 4 is 11.8 Å². The van der Waals surface area contributed by atoms with Crippen LogP contribution in [0.2, 0.25) is 0 Å². The molecule has 2 atom stereocenters. The first kappa shape index (κ1) is 15.3. The average molecular weight is 294 g/mol. The summed E-state index contributed by atoms with van der Waals surface area (Å²) in [6.07, 6.45) is 0.775. The van der Waals surface area contributed by atoms with Crippen LogP contribution in [0.4, 0.5) is 4.39 Å². The van der Waals surface area contributed by atoms with Crippen molar-refractivity contribution in [1.82, 2.24) is 4.90 Å². The van der Waals surface area contributed by atoms with Gasteiger partial charge in [0.15, 0.2) is 6.10 Å². The highest BCUT2D eigenvalue weighted by Crippen LogP contribution is 2.19. The van der Waals surface area contributed by atoms with E-state index in [1.165, 1.54) is 24.3 Å². The van der Waals surface area contributed by atoms with Gasteiger partial charge in [-0.2, -0.15) is 0 Å². The maximum absolute atomic E-state index is 12.8. The first-order chi connectivity index (χ1) is 9.97. The molecule has 1 aromatic carbocycles. The first-order valence-corrected chi connectivity index (χ1v) is 6.97. The van der Waals surface area contributed by atoms with Crippen molar-refractivity contribution in [3.63, 3.8) is 0 Å². The van der Waals surface area contributed by atoms with Gasteiger partial charge in [-0.15, -0.1) is 0 Å². The molecule has 0 spiro atoms. The van der Waals surface area contributed by atoms with Crippen LogP contribution < -0.4 is 10.5 Å². The Labute approximate surface area is 122 Å². The van der Waals surface area contributed by atoms with Crippen LogP contribution in [0.1, 0.15) is 19.8 Å². The highest BCUT2D eigenvalue weighted by Gasteiger charge is 2.30. The van der Waals surface area contributed by atoms with Gasteiger partial charge >= 0.3 is 0 Å². The van der Waals surface area contributed by atoms with E-state index in [4.69, 9.17) is 10.5 Å². The molecule has 0 aromatic heterocycles. The van der Waals surface area contributed by atoms with Crippen molar-refractivity contribution in [3.05, 3.63) is 30.1 Å². The molecule has 6 heteroatoms. The molecule has 0 radical (unpaired) electrons. The molecule has 114 valence electrons. The van der Waals surface area contributed by atoms with E-state index in [0.29, 0.717) is 25.3 Å². The highest BCUT2D eigenvalue weighted by molar-refractivity contribution is 5.83. The number of nitrogens with two attached hydrogens (primary N) is 1. The number of ether oxygens (including phenoxy) is 1. The Morgan fingerprint density at radius 2 is 2.05 bits per heavy atom. The second-order valence-electron chi connectivity index (χ2n) is 5.24. The van der Waals surface area contributed by atoms with Gasteiger partial charge in [-0.25, -0.2) is 4.39 Å². The smallest absolute Gasteiger partial charge is 0.263 e. The molecule has 2 rings (SSSR count). The van der Waals surface area contributed by atoms with Gasteiger partial charge < -0.3 is 15.4 Å². The van der Waals surface area contributed by atoms with E-state index in [2.05, 4.69) is 0 Å². The molecule has 1 aromatic rings. The molecular formula is C15H19FN2O3. The van der Waals surface area contributed by atoms with Crippen LogP contribution in [0, 0.1) is 11.7 Å². The molecule has 0 unspecified atom stereocenters. The van der Waals surface area contributed by atoms with Crippen LogP contribution in [0.5, 0.6) is 5.75 Å². The number of piperidine rings is 1. The van der Waals surface area contributed by atoms with Crippen LogP contribution in [-0.4, -0.2) is 35.9 Å². The topological polar surface area (TPSA) is 72.6 Å². The predicted molar refractivity (Wildman–Crippen MR) is 75.0 cm³/mol. The number of nitrogens with zero attached hydrogens (tertiary/aromatic N) is 1. The van der Waals surface area contributed by atoms with Crippen LogP contribution >= 0.6 is 0 Å². The zero-order valence-corrected chi connectivity index (χ0v) is 11.9. The molecule has 1 fully saturated rings. The standard InChI is InChI=1S/C15H19FN2O3/c1-10(21-13-6-4-12(16)5-7-13)15(20)18-8-2-3-11(9-18)14(17)19/h4-7,10-11H,2-3,8-9H2,1H3,(H2,17,19)/t10-,11+/m0/s1. The lowest BCUT2D eigenvalue weighted by Crippen LogP contribution is -2.48.